The number of carbonyl (C=O) groups is 1. The van der Waals surface area contributed by atoms with Crippen LogP contribution in [0.3, 0.4) is 0 Å². The molecule has 10 heteroatoms. The maximum absolute atomic E-state index is 12.6. The van der Waals surface area contributed by atoms with Gasteiger partial charge >= 0.3 is 5.69 Å². The van der Waals surface area contributed by atoms with E-state index < -0.39 is 31.4 Å². The van der Waals surface area contributed by atoms with Gasteiger partial charge in [0.15, 0.2) is 5.75 Å². The second kappa shape index (κ2) is 9.88. The van der Waals surface area contributed by atoms with Crippen molar-refractivity contribution in [2.75, 3.05) is 13.7 Å². The third-order valence-corrected chi connectivity index (χ3v) is 6.63. The van der Waals surface area contributed by atoms with Crippen LogP contribution >= 0.6 is 0 Å². The summed E-state index contributed by atoms with van der Waals surface area (Å²) in [4.78, 5) is 22.6. The highest BCUT2D eigenvalue weighted by Crippen LogP contribution is 2.32. The number of carbonyl (C=O) groups excluding carboxylic acids is 1. The number of nitrogens with one attached hydrogen (secondary N) is 1. The largest absolute Gasteiger partial charge is 0.487 e. The van der Waals surface area contributed by atoms with Crippen LogP contribution in [-0.4, -0.2) is 39.1 Å². The molecule has 0 saturated heterocycles. The molecule has 3 rings (SSSR count). The van der Waals surface area contributed by atoms with Crippen LogP contribution in [0.1, 0.15) is 36.0 Å². The summed E-state index contributed by atoms with van der Waals surface area (Å²) < 4.78 is 38.0. The lowest BCUT2D eigenvalue weighted by atomic mass is 9.88. The van der Waals surface area contributed by atoms with Crippen LogP contribution < -0.4 is 9.46 Å². The highest BCUT2D eigenvalue weighted by molar-refractivity contribution is 7.90. The molecule has 1 fully saturated rings. The molecule has 1 N–H and O–H groups in total. The van der Waals surface area contributed by atoms with Gasteiger partial charge in [-0.25, -0.2) is 13.1 Å². The number of nitrogens with zero attached hydrogens (tertiary/aromatic N) is 1. The quantitative estimate of drug-likeness (QED) is 0.485. The normalized spacial score (nSPS) is 18.9. The minimum Gasteiger partial charge on any atom is -0.487 e. The summed E-state index contributed by atoms with van der Waals surface area (Å²) >= 11 is 0. The van der Waals surface area contributed by atoms with Gasteiger partial charge in [-0.1, -0.05) is 18.2 Å². The zero-order chi connectivity index (χ0) is 22.4. The minimum atomic E-state index is -4.30. The van der Waals surface area contributed by atoms with E-state index in [2.05, 4.69) is 0 Å². The molecule has 1 amide bonds. The van der Waals surface area contributed by atoms with Gasteiger partial charge in [-0.2, -0.15) is 0 Å². The molecule has 0 bridgehead atoms. The molecule has 0 spiro atoms. The van der Waals surface area contributed by atoms with E-state index in [1.165, 1.54) is 24.3 Å². The van der Waals surface area contributed by atoms with Crippen molar-refractivity contribution < 1.29 is 27.6 Å². The fourth-order valence-electron chi connectivity index (χ4n) is 3.50. The van der Waals surface area contributed by atoms with Crippen molar-refractivity contribution >= 4 is 21.6 Å². The number of benzene rings is 2. The maximum Gasteiger partial charge on any atom is 0.312 e. The third kappa shape index (κ3) is 5.80. The third-order valence-electron chi connectivity index (χ3n) is 5.30. The van der Waals surface area contributed by atoms with Gasteiger partial charge in [-0.3, -0.25) is 14.9 Å². The molecule has 31 heavy (non-hydrogen) atoms. The summed E-state index contributed by atoms with van der Waals surface area (Å²) in [5, 5.41) is 11.5. The van der Waals surface area contributed by atoms with E-state index in [0.717, 1.165) is 31.7 Å². The van der Waals surface area contributed by atoms with E-state index in [1.54, 1.807) is 25.3 Å². The molecule has 166 valence electrons. The van der Waals surface area contributed by atoms with E-state index in [-0.39, 0.29) is 23.3 Å². The molecule has 0 atom stereocenters. The summed E-state index contributed by atoms with van der Waals surface area (Å²) in [6.07, 6.45) is 3.84. The zero-order valence-electron chi connectivity index (χ0n) is 17.0. The Morgan fingerprint density at radius 2 is 1.81 bits per heavy atom. The van der Waals surface area contributed by atoms with E-state index in [4.69, 9.17) is 9.47 Å². The number of amides is 1. The summed E-state index contributed by atoms with van der Waals surface area (Å²) in [6, 6.07) is 11.1. The second-order valence-corrected chi connectivity index (χ2v) is 9.06. The molecule has 9 nitrogen and oxygen atoms in total. The molecule has 0 heterocycles. The van der Waals surface area contributed by atoms with Gasteiger partial charge in [0.25, 0.3) is 15.9 Å². The number of hydrogen-bond donors (Lipinski definition) is 1. The van der Waals surface area contributed by atoms with E-state index in [1.807, 2.05) is 4.72 Å². The first-order chi connectivity index (χ1) is 14.8. The number of ether oxygens (including phenoxy) is 2. The molecule has 0 aliphatic heterocycles. The average Bonchev–Trinajstić information content (AvgIpc) is 2.78. The van der Waals surface area contributed by atoms with Crippen LogP contribution in [0, 0.1) is 16.0 Å². The Kier molecular flexibility index (Phi) is 7.24. The second-order valence-electron chi connectivity index (χ2n) is 7.38. The fourth-order valence-corrected chi connectivity index (χ4v) is 4.49. The Morgan fingerprint density at radius 1 is 1.13 bits per heavy atom. The molecule has 0 radical (unpaired) electrons. The van der Waals surface area contributed by atoms with E-state index in [9.17, 15) is 23.3 Å². The molecule has 2 aromatic carbocycles. The van der Waals surface area contributed by atoms with Crippen LogP contribution in [0.2, 0.25) is 0 Å². The van der Waals surface area contributed by atoms with Crippen molar-refractivity contribution in [3.05, 3.63) is 64.2 Å². The van der Waals surface area contributed by atoms with Gasteiger partial charge in [0.1, 0.15) is 0 Å². The van der Waals surface area contributed by atoms with Crippen LogP contribution in [0.25, 0.3) is 0 Å². The molecule has 0 aromatic heterocycles. The first-order valence-corrected chi connectivity index (χ1v) is 11.3. The van der Waals surface area contributed by atoms with Gasteiger partial charge in [-0.05, 0) is 55.9 Å². The molecule has 1 saturated carbocycles. The Labute approximate surface area is 180 Å². The molecule has 0 unspecified atom stereocenters. The van der Waals surface area contributed by atoms with E-state index in [0.29, 0.717) is 6.61 Å². The van der Waals surface area contributed by atoms with Crippen LogP contribution in [0.4, 0.5) is 5.69 Å². The number of nitro groups is 1. The Hall–Kier alpha value is -2.98. The monoisotopic (exact) mass is 448 g/mol. The predicted molar refractivity (Wildman–Crippen MR) is 112 cm³/mol. The Morgan fingerprint density at radius 3 is 2.42 bits per heavy atom. The van der Waals surface area contributed by atoms with Gasteiger partial charge in [0.2, 0.25) is 0 Å². The van der Waals surface area contributed by atoms with Crippen LogP contribution in [0.5, 0.6) is 5.75 Å². The number of nitro benzene ring substituents is 1. The number of sulfonamides is 1. The van der Waals surface area contributed by atoms with Crippen molar-refractivity contribution in [3.63, 3.8) is 0 Å². The topological polar surface area (TPSA) is 125 Å². The molecule has 1 aliphatic carbocycles. The first-order valence-electron chi connectivity index (χ1n) is 9.86. The Balaban J connectivity index is 1.72. The predicted octanol–water partition coefficient (Wildman–Crippen LogP) is 3.30. The highest BCUT2D eigenvalue weighted by atomic mass is 32.2. The smallest absolute Gasteiger partial charge is 0.312 e. The first kappa shape index (κ1) is 22.7. The summed E-state index contributed by atoms with van der Waals surface area (Å²) in [5.74, 6) is -0.581. The molecule has 1 aliphatic rings. The summed E-state index contributed by atoms with van der Waals surface area (Å²) in [7, 11) is -2.62. The highest BCUT2D eigenvalue weighted by Gasteiger charge is 2.26. The van der Waals surface area contributed by atoms with Gasteiger partial charge in [0, 0.05) is 18.7 Å². The Bertz CT molecular complexity index is 1030. The van der Waals surface area contributed by atoms with Gasteiger partial charge in [-0.15, -0.1) is 0 Å². The lowest BCUT2D eigenvalue weighted by molar-refractivity contribution is -0.386. The average molecular weight is 448 g/mol. The van der Waals surface area contributed by atoms with Crippen LogP contribution in [0.15, 0.2) is 53.4 Å². The SMILES string of the molecule is CO[C@H]1CC[C@@H](COc2ccc(S(=O)(=O)NC(=O)c3ccccc3)cc2[N+](=O)[O-])CC1. The van der Waals surface area contributed by atoms with E-state index >= 15 is 0 Å². The van der Waals surface area contributed by atoms with Gasteiger partial charge < -0.3 is 9.47 Å². The maximum atomic E-state index is 12.6. The van der Waals surface area contributed by atoms with Crippen molar-refractivity contribution in [1.82, 2.24) is 4.72 Å². The van der Waals surface area contributed by atoms with Crippen molar-refractivity contribution in [3.8, 4) is 5.75 Å². The lowest BCUT2D eigenvalue weighted by Crippen LogP contribution is -2.30. The lowest BCUT2D eigenvalue weighted by Gasteiger charge is -2.27. The number of hydrogen-bond acceptors (Lipinski definition) is 7. The fraction of sp³-hybridized carbons (Fsp3) is 0.381. The molecular formula is C21H24N2O7S. The van der Waals surface area contributed by atoms with Crippen molar-refractivity contribution in [2.45, 2.75) is 36.7 Å². The standard InChI is InChI=1S/C21H24N2O7S/c1-29-17-9-7-15(8-10-17)14-30-20-12-11-18(13-19(20)23(25)26)31(27,28)22-21(24)16-5-3-2-4-6-16/h2-6,11-13,15,17H,7-10,14H2,1H3,(H,22,24)/t15-,17+. The number of methoxy groups -OCH3 is 1. The minimum absolute atomic E-state index is 0.00722. The summed E-state index contributed by atoms with van der Waals surface area (Å²) in [6.45, 7) is 0.300. The van der Waals surface area contributed by atoms with Crippen molar-refractivity contribution in [1.29, 1.82) is 0 Å². The van der Waals surface area contributed by atoms with Crippen LogP contribution in [-0.2, 0) is 14.8 Å². The number of rotatable bonds is 8. The van der Waals surface area contributed by atoms with Gasteiger partial charge in [0.05, 0.1) is 22.5 Å². The zero-order valence-corrected chi connectivity index (χ0v) is 17.8. The molecular weight excluding hydrogens is 424 g/mol. The van der Waals surface area contributed by atoms with Crippen molar-refractivity contribution in [2.24, 2.45) is 5.92 Å². The summed E-state index contributed by atoms with van der Waals surface area (Å²) in [5.41, 5.74) is -0.315. The molecule has 2 aromatic rings.